The molecule has 2 aromatic carbocycles. The van der Waals surface area contributed by atoms with Gasteiger partial charge in [0.1, 0.15) is 5.82 Å². The van der Waals surface area contributed by atoms with Gasteiger partial charge in [0.05, 0.1) is 5.54 Å². The molecule has 1 aliphatic carbocycles. The lowest BCUT2D eigenvalue weighted by Crippen LogP contribution is -2.36. The molecule has 0 spiro atoms. The van der Waals surface area contributed by atoms with E-state index in [4.69, 9.17) is 5.73 Å². The van der Waals surface area contributed by atoms with E-state index in [-0.39, 0.29) is 5.82 Å². The number of nitrogens with two attached hydrogens (primary N) is 1. The molecule has 92 valence electrons. The maximum atomic E-state index is 13.5. The Labute approximate surface area is 106 Å². The van der Waals surface area contributed by atoms with Crippen molar-refractivity contribution in [2.24, 2.45) is 5.73 Å². The van der Waals surface area contributed by atoms with Crippen molar-refractivity contribution in [3.05, 3.63) is 70.5 Å². The van der Waals surface area contributed by atoms with Crippen LogP contribution in [0.1, 0.15) is 28.7 Å². The predicted molar refractivity (Wildman–Crippen MR) is 70.9 cm³/mol. The average molecular weight is 241 g/mol. The molecule has 0 amide bonds. The van der Waals surface area contributed by atoms with Gasteiger partial charge in [0.2, 0.25) is 0 Å². The second kappa shape index (κ2) is 3.92. The second-order valence-electron chi connectivity index (χ2n) is 5.09. The van der Waals surface area contributed by atoms with E-state index < -0.39 is 5.54 Å². The molecule has 2 N–H and O–H groups in total. The molecule has 1 atom stereocenters. The molecule has 0 heterocycles. The minimum Gasteiger partial charge on any atom is -0.318 e. The Hall–Kier alpha value is -1.67. The molecule has 0 aromatic heterocycles. The van der Waals surface area contributed by atoms with Crippen molar-refractivity contribution in [2.45, 2.75) is 25.3 Å². The average Bonchev–Trinajstić information content (AvgIpc) is 2.72. The van der Waals surface area contributed by atoms with E-state index in [1.165, 1.54) is 11.6 Å². The van der Waals surface area contributed by atoms with Crippen molar-refractivity contribution in [3.63, 3.8) is 0 Å². The maximum Gasteiger partial charge on any atom is 0.123 e. The van der Waals surface area contributed by atoms with Crippen LogP contribution in [0.5, 0.6) is 0 Å². The highest BCUT2D eigenvalue weighted by Gasteiger charge is 2.37. The highest BCUT2D eigenvalue weighted by molar-refractivity contribution is 5.49. The number of fused-ring (bicyclic) bond motifs is 1. The Kier molecular flexibility index (Phi) is 2.49. The summed E-state index contributed by atoms with van der Waals surface area (Å²) in [5.74, 6) is -0.218. The van der Waals surface area contributed by atoms with Crippen LogP contribution in [-0.2, 0) is 12.0 Å². The fourth-order valence-electron chi connectivity index (χ4n) is 2.99. The summed E-state index contributed by atoms with van der Waals surface area (Å²) in [4.78, 5) is 0. The maximum absolute atomic E-state index is 13.5. The first-order valence-electron chi connectivity index (χ1n) is 6.25. The molecule has 18 heavy (non-hydrogen) atoms. The van der Waals surface area contributed by atoms with Crippen LogP contribution in [0.4, 0.5) is 4.39 Å². The molecule has 0 bridgehead atoms. The van der Waals surface area contributed by atoms with Gasteiger partial charge in [0.25, 0.3) is 0 Å². The van der Waals surface area contributed by atoms with E-state index in [9.17, 15) is 4.39 Å². The van der Waals surface area contributed by atoms with Crippen molar-refractivity contribution in [3.8, 4) is 0 Å². The minimum absolute atomic E-state index is 0.218. The largest absolute Gasteiger partial charge is 0.318 e. The van der Waals surface area contributed by atoms with Gasteiger partial charge in [-0.25, -0.2) is 4.39 Å². The van der Waals surface area contributed by atoms with Gasteiger partial charge >= 0.3 is 0 Å². The van der Waals surface area contributed by atoms with Gasteiger partial charge in [-0.3, -0.25) is 0 Å². The van der Waals surface area contributed by atoms with Crippen molar-refractivity contribution in [1.82, 2.24) is 0 Å². The highest BCUT2D eigenvalue weighted by atomic mass is 19.1. The standard InChI is InChI=1S/C16H16FN/c1-11-6-7-13(17)10-15(11)16(18)9-8-12-4-2-3-5-14(12)16/h2-7,10H,8-9,18H2,1H3. The molecule has 0 saturated carbocycles. The number of hydrogen-bond donors (Lipinski definition) is 1. The van der Waals surface area contributed by atoms with Gasteiger partial charge < -0.3 is 5.73 Å². The van der Waals surface area contributed by atoms with Crippen LogP contribution < -0.4 is 5.73 Å². The molecule has 2 aromatic rings. The quantitative estimate of drug-likeness (QED) is 0.814. The Morgan fingerprint density at radius 2 is 1.89 bits per heavy atom. The summed E-state index contributed by atoms with van der Waals surface area (Å²) in [6.45, 7) is 1.99. The third-order valence-electron chi connectivity index (χ3n) is 3.97. The summed E-state index contributed by atoms with van der Waals surface area (Å²) in [7, 11) is 0. The van der Waals surface area contributed by atoms with Gasteiger partial charge in [-0.15, -0.1) is 0 Å². The molecule has 1 aliphatic rings. The number of aryl methyl sites for hydroxylation is 2. The van der Waals surface area contributed by atoms with E-state index in [0.29, 0.717) is 0 Å². The molecule has 2 heteroatoms. The lowest BCUT2D eigenvalue weighted by atomic mass is 9.83. The fraction of sp³-hybridized carbons (Fsp3) is 0.250. The monoisotopic (exact) mass is 241 g/mol. The first-order chi connectivity index (χ1) is 8.61. The predicted octanol–water partition coefficient (Wildman–Crippen LogP) is 3.28. The van der Waals surface area contributed by atoms with Crippen LogP contribution in [0.3, 0.4) is 0 Å². The Morgan fingerprint density at radius 3 is 2.72 bits per heavy atom. The summed E-state index contributed by atoms with van der Waals surface area (Å²) in [5, 5.41) is 0. The Morgan fingerprint density at radius 1 is 1.11 bits per heavy atom. The van der Waals surface area contributed by atoms with Crippen molar-refractivity contribution in [2.75, 3.05) is 0 Å². The van der Waals surface area contributed by atoms with Crippen LogP contribution in [0, 0.1) is 12.7 Å². The van der Waals surface area contributed by atoms with E-state index in [1.54, 1.807) is 12.1 Å². The molecule has 0 aliphatic heterocycles. The van der Waals surface area contributed by atoms with Crippen molar-refractivity contribution in [1.29, 1.82) is 0 Å². The SMILES string of the molecule is Cc1ccc(F)cc1C1(N)CCc2ccccc21. The van der Waals surface area contributed by atoms with Gasteiger partial charge in [-0.1, -0.05) is 30.3 Å². The van der Waals surface area contributed by atoms with E-state index in [1.807, 2.05) is 19.1 Å². The van der Waals surface area contributed by atoms with Crippen LogP contribution in [-0.4, -0.2) is 0 Å². The Balaban J connectivity index is 2.20. The molecule has 0 radical (unpaired) electrons. The van der Waals surface area contributed by atoms with E-state index in [0.717, 1.165) is 29.5 Å². The summed E-state index contributed by atoms with van der Waals surface area (Å²) in [5.41, 5.74) is 10.4. The summed E-state index contributed by atoms with van der Waals surface area (Å²) >= 11 is 0. The zero-order valence-corrected chi connectivity index (χ0v) is 10.4. The molecular formula is C16H16FN. The van der Waals surface area contributed by atoms with Gasteiger partial charge in [-0.05, 0) is 54.2 Å². The fourth-order valence-corrected chi connectivity index (χ4v) is 2.99. The third kappa shape index (κ3) is 1.57. The zero-order chi connectivity index (χ0) is 12.8. The van der Waals surface area contributed by atoms with Crippen LogP contribution in [0.15, 0.2) is 42.5 Å². The second-order valence-corrected chi connectivity index (χ2v) is 5.09. The van der Waals surface area contributed by atoms with Crippen LogP contribution in [0.25, 0.3) is 0 Å². The zero-order valence-electron chi connectivity index (χ0n) is 10.4. The van der Waals surface area contributed by atoms with Crippen molar-refractivity contribution < 1.29 is 4.39 Å². The first-order valence-corrected chi connectivity index (χ1v) is 6.25. The number of halogens is 1. The van der Waals surface area contributed by atoms with Crippen LogP contribution >= 0.6 is 0 Å². The van der Waals surface area contributed by atoms with Gasteiger partial charge in [0, 0.05) is 0 Å². The van der Waals surface area contributed by atoms with Gasteiger partial charge in [-0.2, -0.15) is 0 Å². The Bertz CT molecular complexity index is 606. The number of hydrogen-bond acceptors (Lipinski definition) is 1. The lowest BCUT2D eigenvalue weighted by Gasteiger charge is -2.28. The van der Waals surface area contributed by atoms with Crippen LogP contribution in [0.2, 0.25) is 0 Å². The molecule has 0 saturated heterocycles. The summed E-state index contributed by atoms with van der Waals surface area (Å²) in [6.07, 6.45) is 1.80. The third-order valence-corrected chi connectivity index (χ3v) is 3.97. The molecule has 1 nitrogen and oxygen atoms in total. The van der Waals surface area contributed by atoms with E-state index >= 15 is 0 Å². The number of rotatable bonds is 1. The topological polar surface area (TPSA) is 26.0 Å². The highest BCUT2D eigenvalue weighted by Crippen LogP contribution is 2.41. The molecule has 0 fully saturated rings. The lowest BCUT2D eigenvalue weighted by molar-refractivity contribution is 0.524. The normalized spacial score (nSPS) is 21.9. The summed E-state index contributed by atoms with van der Waals surface area (Å²) < 4.78 is 13.5. The molecule has 3 rings (SSSR count). The minimum atomic E-state index is -0.539. The molecule has 1 unspecified atom stereocenters. The van der Waals surface area contributed by atoms with Crippen molar-refractivity contribution >= 4 is 0 Å². The molecular weight excluding hydrogens is 225 g/mol. The number of benzene rings is 2. The van der Waals surface area contributed by atoms with E-state index in [2.05, 4.69) is 12.1 Å². The summed E-state index contributed by atoms with van der Waals surface area (Å²) in [6, 6.07) is 13.1. The van der Waals surface area contributed by atoms with Gasteiger partial charge in [0.15, 0.2) is 0 Å². The smallest absolute Gasteiger partial charge is 0.123 e. The first kappa shape index (κ1) is 11.4.